The first kappa shape index (κ1) is 8.72. The predicted octanol–water partition coefficient (Wildman–Crippen LogP) is 2.48. The number of hydrogen-bond donors (Lipinski definition) is 2. The van der Waals surface area contributed by atoms with Crippen molar-refractivity contribution in [3.8, 4) is 0 Å². The summed E-state index contributed by atoms with van der Waals surface area (Å²) in [5.74, 6) is 0. The van der Waals surface area contributed by atoms with E-state index >= 15 is 0 Å². The van der Waals surface area contributed by atoms with E-state index in [2.05, 4.69) is 36.2 Å². The zero-order chi connectivity index (χ0) is 8.32. The Bertz CT molecular complexity index is 186. The lowest BCUT2D eigenvalue weighted by molar-refractivity contribution is 0.622. The Morgan fingerprint density at radius 3 is 2.64 bits per heavy atom. The first-order valence-corrected chi connectivity index (χ1v) is 4.40. The molecule has 1 aliphatic carbocycles. The van der Waals surface area contributed by atoms with Gasteiger partial charge in [0.25, 0.3) is 0 Å². The van der Waals surface area contributed by atoms with E-state index in [0.717, 1.165) is 12.8 Å². The highest BCUT2D eigenvalue weighted by atomic mass is 32.1. The van der Waals surface area contributed by atoms with Crippen molar-refractivity contribution in [2.45, 2.75) is 31.6 Å². The van der Waals surface area contributed by atoms with Crippen LogP contribution in [0.3, 0.4) is 0 Å². The van der Waals surface area contributed by atoms with Gasteiger partial charge in [0.05, 0.1) is 4.87 Å². The van der Waals surface area contributed by atoms with Crippen molar-refractivity contribution in [2.75, 3.05) is 0 Å². The molecular weight excluding hydrogens is 154 g/mol. The van der Waals surface area contributed by atoms with E-state index in [0.29, 0.717) is 0 Å². The number of hydrogen-bond acceptors (Lipinski definition) is 2. The fraction of sp³-hybridized carbons (Fsp3) is 0.556. The second kappa shape index (κ2) is 3.35. The summed E-state index contributed by atoms with van der Waals surface area (Å²) in [6, 6.07) is 0. The fourth-order valence-corrected chi connectivity index (χ4v) is 1.19. The number of thiol groups is 1. The van der Waals surface area contributed by atoms with E-state index in [4.69, 9.17) is 0 Å². The standard InChI is InChI=1S/C9H15NS/c1-9(2,11)10-8-6-4-3-5-7-8/h4,6-7,10-11H,3,5H2,1-2H3. The maximum atomic E-state index is 4.38. The molecular formula is C9H15NS. The molecule has 0 unspecified atom stereocenters. The Kier molecular flexibility index (Phi) is 2.66. The van der Waals surface area contributed by atoms with Gasteiger partial charge in [-0.1, -0.05) is 12.2 Å². The summed E-state index contributed by atoms with van der Waals surface area (Å²) in [5, 5.41) is 3.30. The summed E-state index contributed by atoms with van der Waals surface area (Å²) in [4.78, 5) is -0.118. The van der Waals surface area contributed by atoms with E-state index in [1.165, 1.54) is 5.70 Å². The normalized spacial score (nSPS) is 17.9. The number of nitrogens with one attached hydrogen (secondary N) is 1. The molecule has 0 aromatic carbocycles. The topological polar surface area (TPSA) is 12.0 Å². The summed E-state index contributed by atoms with van der Waals surface area (Å²) in [5.41, 5.74) is 1.19. The van der Waals surface area contributed by atoms with Crippen LogP contribution in [0.4, 0.5) is 0 Å². The van der Waals surface area contributed by atoms with Crippen LogP contribution in [0.5, 0.6) is 0 Å². The average molecular weight is 169 g/mol. The van der Waals surface area contributed by atoms with Gasteiger partial charge in [0, 0.05) is 5.70 Å². The van der Waals surface area contributed by atoms with Gasteiger partial charge in [0.15, 0.2) is 0 Å². The third kappa shape index (κ3) is 3.51. The van der Waals surface area contributed by atoms with Crippen molar-refractivity contribution >= 4 is 12.6 Å². The van der Waals surface area contributed by atoms with Crippen molar-refractivity contribution in [3.63, 3.8) is 0 Å². The van der Waals surface area contributed by atoms with Crippen molar-refractivity contribution in [2.24, 2.45) is 0 Å². The molecule has 1 aliphatic rings. The summed E-state index contributed by atoms with van der Waals surface area (Å²) in [7, 11) is 0. The molecule has 0 atom stereocenters. The monoisotopic (exact) mass is 169 g/mol. The van der Waals surface area contributed by atoms with E-state index in [9.17, 15) is 0 Å². The Morgan fingerprint density at radius 2 is 2.18 bits per heavy atom. The van der Waals surface area contributed by atoms with Crippen LogP contribution in [-0.4, -0.2) is 4.87 Å². The number of rotatable bonds is 2. The van der Waals surface area contributed by atoms with Gasteiger partial charge in [-0.15, -0.1) is 0 Å². The lowest BCUT2D eigenvalue weighted by Gasteiger charge is -2.22. The Labute approximate surface area is 74.0 Å². The Hall–Kier alpha value is -0.370. The van der Waals surface area contributed by atoms with Gasteiger partial charge in [0.1, 0.15) is 0 Å². The van der Waals surface area contributed by atoms with E-state index < -0.39 is 0 Å². The minimum absolute atomic E-state index is 0.118. The van der Waals surface area contributed by atoms with Crippen molar-refractivity contribution in [1.29, 1.82) is 0 Å². The maximum Gasteiger partial charge on any atom is 0.0747 e. The SMILES string of the molecule is CC(C)(S)NC1=CCCC=C1. The van der Waals surface area contributed by atoms with Gasteiger partial charge >= 0.3 is 0 Å². The van der Waals surface area contributed by atoms with Gasteiger partial charge in [-0.25, -0.2) is 0 Å². The molecule has 0 fully saturated rings. The van der Waals surface area contributed by atoms with Crippen LogP contribution in [0.2, 0.25) is 0 Å². The van der Waals surface area contributed by atoms with Crippen LogP contribution >= 0.6 is 12.6 Å². The van der Waals surface area contributed by atoms with Crippen molar-refractivity contribution in [3.05, 3.63) is 23.9 Å². The molecule has 0 aromatic rings. The Balaban J connectivity index is 2.49. The highest BCUT2D eigenvalue weighted by molar-refractivity contribution is 7.81. The number of allylic oxidation sites excluding steroid dienone is 3. The molecule has 1 nitrogen and oxygen atoms in total. The van der Waals surface area contributed by atoms with Gasteiger partial charge < -0.3 is 5.32 Å². The molecule has 2 heteroatoms. The smallest absolute Gasteiger partial charge is 0.0747 e. The molecule has 0 aromatic heterocycles. The molecule has 0 aliphatic heterocycles. The average Bonchev–Trinajstić information content (AvgIpc) is 1.85. The van der Waals surface area contributed by atoms with E-state index in [1.54, 1.807) is 0 Å². The van der Waals surface area contributed by atoms with Crippen LogP contribution in [0.1, 0.15) is 26.7 Å². The Morgan fingerprint density at radius 1 is 1.45 bits per heavy atom. The molecule has 0 saturated carbocycles. The summed E-state index contributed by atoms with van der Waals surface area (Å²) >= 11 is 4.38. The zero-order valence-corrected chi connectivity index (χ0v) is 7.99. The van der Waals surface area contributed by atoms with Crippen LogP contribution in [-0.2, 0) is 0 Å². The molecule has 11 heavy (non-hydrogen) atoms. The lowest BCUT2D eigenvalue weighted by Crippen LogP contribution is -2.32. The van der Waals surface area contributed by atoms with Gasteiger partial charge in [-0.3, -0.25) is 0 Å². The highest BCUT2D eigenvalue weighted by Gasteiger charge is 2.10. The third-order valence-corrected chi connectivity index (χ3v) is 1.56. The first-order chi connectivity index (χ1) is 5.08. The van der Waals surface area contributed by atoms with Gasteiger partial charge in [-0.05, 0) is 32.8 Å². The molecule has 0 saturated heterocycles. The largest absolute Gasteiger partial charge is 0.372 e. The summed E-state index contributed by atoms with van der Waals surface area (Å²) in [6.07, 6.45) is 8.81. The van der Waals surface area contributed by atoms with Gasteiger partial charge in [-0.2, -0.15) is 12.6 Å². The molecule has 0 bridgehead atoms. The maximum absolute atomic E-state index is 4.38. The first-order valence-electron chi connectivity index (χ1n) is 3.95. The highest BCUT2D eigenvalue weighted by Crippen LogP contribution is 2.14. The van der Waals surface area contributed by atoms with Crippen LogP contribution in [0.25, 0.3) is 0 Å². The molecule has 0 radical (unpaired) electrons. The molecule has 0 amide bonds. The molecule has 0 spiro atoms. The summed E-state index contributed by atoms with van der Waals surface area (Å²) < 4.78 is 0. The van der Waals surface area contributed by atoms with Crippen LogP contribution in [0.15, 0.2) is 23.9 Å². The molecule has 1 N–H and O–H groups in total. The lowest BCUT2D eigenvalue weighted by atomic mass is 10.1. The summed E-state index contributed by atoms with van der Waals surface area (Å²) in [6.45, 7) is 4.08. The molecule has 1 rings (SSSR count). The second-order valence-corrected chi connectivity index (χ2v) is 4.44. The van der Waals surface area contributed by atoms with Gasteiger partial charge in [0.2, 0.25) is 0 Å². The van der Waals surface area contributed by atoms with Crippen molar-refractivity contribution < 1.29 is 0 Å². The van der Waals surface area contributed by atoms with E-state index in [-0.39, 0.29) is 4.87 Å². The quantitative estimate of drug-likeness (QED) is 0.478. The van der Waals surface area contributed by atoms with Crippen LogP contribution < -0.4 is 5.32 Å². The molecule has 0 heterocycles. The van der Waals surface area contributed by atoms with Crippen molar-refractivity contribution in [1.82, 2.24) is 5.32 Å². The zero-order valence-electron chi connectivity index (χ0n) is 7.09. The predicted molar refractivity (Wildman–Crippen MR) is 52.7 cm³/mol. The fourth-order valence-electron chi connectivity index (χ4n) is 1.06. The third-order valence-electron chi connectivity index (χ3n) is 1.45. The van der Waals surface area contributed by atoms with Crippen LogP contribution in [0, 0.1) is 0 Å². The second-order valence-electron chi connectivity index (χ2n) is 3.32. The van der Waals surface area contributed by atoms with E-state index in [1.807, 2.05) is 13.8 Å². The minimum atomic E-state index is -0.118. The molecule has 62 valence electrons. The minimum Gasteiger partial charge on any atom is -0.372 e.